The lowest BCUT2D eigenvalue weighted by atomic mass is 10.2. The van der Waals surface area contributed by atoms with Crippen molar-refractivity contribution in [2.24, 2.45) is 0 Å². The van der Waals surface area contributed by atoms with Gasteiger partial charge in [0.05, 0.1) is 17.0 Å². The van der Waals surface area contributed by atoms with E-state index in [0.717, 1.165) is 5.56 Å². The molecule has 1 saturated carbocycles. The second-order valence-corrected chi connectivity index (χ2v) is 8.80. The van der Waals surface area contributed by atoms with Gasteiger partial charge >= 0.3 is 6.09 Å². The first kappa shape index (κ1) is 23.3. The van der Waals surface area contributed by atoms with Crippen molar-refractivity contribution in [2.75, 3.05) is 31.1 Å². The van der Waals surface area contributed by atoms with E-state index in [4.69, 9.17) is 9.47 Å². The number of piperazine rings is 1. The van der Waals surface area contributed by atoms with Gasteiger partial charge in [-0.1, -0.05) is 42.5 Å². The number of nitrogens with zero attached hydrogens (tertiary/aromatic N) is 4. The maximum atomic E-state index is 12.5. The van der Waals surface area contributed by atoms with Crippen LogP contribution < -0.4 is 9.64 Å². The molecule has 0 unspecified atom stereocenters. The molecule has 1 amide bonds. The fourth-order valence-corrected chi connectivity index (χ4v) is 4.39. The van der Waals surface area contributed by atoms with Gasteiger partial charge in [-0.05, 0) is 17.7 Å². The normalized spacial score (nSPS) is 24.5. The first-order chi connectivity index (χ1) is 17.0. The van der Waals surface area contributed by atoms with E-state index in [2.05, 4.69) is 9.97 Å². The molecule has 184 valence electrons. The Morgan fingerprint density at radius 3 is 2.34 bits per heavy atom. The number of anilines is 1. The van der Waals surface area contributed by atoms with Crippen molar-refractivity contribution in [2.45, 2.75) is 37.4 Å². The lowest BCUT2D eigenvalue weighted by molar-refractivity contribution is -0.0370. The highest BCUT2D eigenvalue weighted by atomic mass is 16.6. The van der Waals surface area contributed by atoms with E-state index in [1.54, 1.807) is 4.90 Å². The molecule has 0 radical (unpaired) electrons. The molecule has 2 aromatic carbocycles. The van der Waals surface area contributed by atoms with Crippen molar-refractivity contribution in [1.29, 1.82) is 0 Å². The van der Waals surface area contributed by atoms with Crippen molar-refractivity contribution in [3.8, 4) is 5.88 Å². The Labute approximate surface area is 202 Å². The molecule has 1 saturated heterocycles. The summed E-state index contributed by atoms with van der Waals surface area (Å²) in [5.74, 6) is 0.727. The summed E-state index contributed by atoms with van der Waals surface area (Å²) in [6.07, 6.45) is -4.58. The Balaban J connectivity index is 1.27. The summed E-state index contributed by atoms with van der Waals surface area (Å²) < 4.78 is 11.4. The lowest BCUT2D eigenvalue weighted by Gasteiger charge is -2.34. The summed E-state index contributed by atoms with van der Waals surface area (Å²) in [4.78, 5) is 25.4. The van der Waals surface area contributed by atoms with Crippen LogP contribution in [-0.2, 0) is 11.3 Å². The minimum Gasteiger partial charge on any atom is -0.471 e. The van der Waals surface area contributed by atoms with Gasteiger partial charge in [0.1, 0.15) is 24.9 Å². The number of carbonyl (C=O) groups excluding carboxylic acids is 1. The van der Waals surface area contributed by atoms with Crippen LogP contribution in [-0.4, -0.2) is 86.9 Å². The van der Waals surface area contributed by atoms with Crippen LogP contribution in [0.2, 0.25) is 0 Å². The van der Waals surface area contributed by atoms with Crippen LogP contribution in [0, 0.1) is 0 Å². The number of aromatic nitrogens is 2. The van der Waals surface area contributed by atoms with Crippen molar-refractivity contribution < 1.29 is 29.6 Å². The monoisotopic (exact) mass is 480 g/mol. The maximum absolute atomic E-state index is 12.5. The molecular formula is C25H28N4O6. The van der Waals surface area contributed by atoms with Crippen molar-refractivity contribution >= 4 is 22.9 Å². The first-order valence-corrected chi connectivity index (χ1v) is 11.7. The van der Waals surface area contributed by atoms with Crippen molar-refractivity contribution in [3.05, 3.63) is 60.2 Å². The van der Waals surface area contributed by atoms with E-state index >= 15 is 0 Å². The average Bonchev–Trinajstić information content (AvgIpc) is 3.14. The summed E-state index contributed by atoms with van der Waals surface area (Å²) in [7, 11) is 0. The zero-order chi connectivity index (χ0) is 24.4. The molecule has 1 aromatic heterocycles. The minimum atomic E-state index is -1.26. The Bertz CT molecular complexity index is 1170. The van der Waals surface area contributed by atoms with E-state index < -0.39 is 24.4 Å². The number of aliphatic hydroxyl groups excluding tert-OH is 3. The quantitative estimate of drug-likeness (QED) is 0.495. The highest BCUT2D eigenvalue weighted by Crippen LogP contribution is 2.31. The van der Waals surface area contributed by atoms with Crippen molar-refractivity contribution in [1.82, 2.24) is 14.9 Å². The molecule has 10 heteroatoms. The predicted octanol–water partition coefficient (Wildman–Crippen LogP) is 1.32. The lowest BCUT2D eigenvalue weighted by Crippen LogP contribution is -2.49. The van der Waals surface area contributed by atoms with Gasteiger partial charge in [0.25, 0.3) is 0 Å². The van der Waals surface area contributed by atoms with Crippen LogP contribution in [0.1, 0.15) is 12.0 Å². The number of carbonyl (C=O) groups is 1. The number of fused-ring (bicyclic) bond motifs is 1. The zero-order valence-electron chi connectivity index (χ0n) is 19.1. The summed E-state index contributed by atoms with van der Waals surface area (Å²) in [5, 5.41) is 30.7. The molecule has 5 rings (SSSR count). The van der Waals surface area contributed by atoms with Crippen molar-refractivity contribution in [3.63, 3.8) is 0 Å². The third-order valence-electron chi connectivity index (χ3n) is 6.44. The number of para-hydroxylation sites is 1. The molecule has 1 aliphatic carbocycles. The summed E-state index contributed by atoms with van der Waals surface area (Å²) in [6.45, 7) is 2.17. The second-order valence-electron chi connectivity index (χ2n) is 8.80. The van der Waals surface area contributed by atoms with E-state index in [9.17, 15) is 20.1 Å². The minimum absolute atomic E-state index is 0.0970. The highest BCUT2D eigenvalue weighted by Gasteiger charge is 2.42. The Hall–Kier alpha value is -3.47. The molecule has 0 spiro atoms. The van der Waals surface area contributed by atoms with Crippen LogP contribution in [0.4, 0.5) is 10.7 Å². The molecule has 4 atom stereocenters. The Morgan fingerprint density at radius 1 is 0.914 bits per heavy atom. The third-order valence-corrected chi connectivity index (χ3v) is 6.44. The Morgan fingerprint density at radius 2 is 1.63 bits per heavy atom. The molecule has 2 heterocycles. The average molecular weight is 481 g/mol. The Kier molecular flexibility index (Phi) is 6.67. The van der Waals surface area contributed by atoms with Gasteiger partial charge in [-0.2, -0.15) is 4.98 Å². The van der Waals surface area contributed by atoms with E-state index in [1.807, 2.05) is 59.5 Å². The van der Waals surface area contributed by atoms with Gasteiger partial charge in [0, 0.05) is 32.6 Å². The fourth-order valence-electron chi connectivity index (χ4n) is 4.39. The summed E-state index contributed by atoms with van der Waals surface area (Å²) in [6, 6.07) is 16.9. The summed E-state index contributed by atoms with van der Waals surface area (Å²) in [5.41, 5.74) is 1.61. The molecule has 3 N–H and O–H groups in total. The topological polar surface area (TPSA) is 128 Å². The van der Waals surface area contributed by atoms with Gasteiger partial charge in [0.2, 0.25) is 11.8 Å². The van der Waals surface area contributed by atoms with E-state index in [0.29, 0.717) is 43.0 Å². The number of amides is 1. The molecule has 3 aromatic rings. The second kappa shape index (κ2) is 10.0. The zero-order valence-corrected chi connectivity index (χ0v) is 19.1. The SMILES string of the molecule is O=C(OCc1ccccc1)N1CCN(c2nc(O[C@@H]3C[C@H](O)[C@@H](O)[C@@H]3O)c3ccccc3n2)CC1. The molecular weight excluding hydrogens is 452 g/mol. The molecule has 2 fully saturated rings. The predicted molar refractivity (Wildman–Crippen MR) is 127 cm³/mol. The highest BCUT2D eigenvalue weighted by molar-refractivity contribution is 5.84. The van der Waals surface area contributed by atoms with Gasteiger partial charge in [0.15, 0.2) is 0 Å². The number of hydrogen-bond acceptors (Lipinski definition) is 9. The van der Waals surface area contributed by atoms with Gasteiger partial charge in [-0.3, -0.25) is 0 Å². The molecule has 35 heavy (non-hydrogen) atoms. The maximum Gasteiger partial charge on any atom is 0.410 e. The van der Waals surface area contributed by atoms with Crippen LogP contribution in [0.3, 0.4) is 0 Å². The van der Waals surface area contributed by atoms with Crippen LogP contribution >= 0.6 is 0 Å². The fraction of sp³-hybridized carbons (Fsp3) is 0.400. The first-order valence-electron chi connectivity index (χ1n) is 11.7. The standard InChI is InChI=1S/C25H28N4O6/c30-19-14-20(22(32)21(19)31)35-23-17-8-4-5-9-18(17)26-24(27-23)28-10-12-29(13-11-28)25(33)34-15-16-6-2-1-3-7-16/h1-9,19-22,30-32H,10-15H2/t19-,20+,21+,22+/m0/s1. The largest absolute Gasteiger partial charge is 0.471 e. The van der Waals surface area contributed by atoms with Gasteiger partial charge < -0.3 is 34.6 Å². The number of benzene rings is 2. The summed E-state index contributed by atoms with van der Waals surface area (Å²) >= 11 is 0. The molecule has 10 nitrogen and oxygen atoms in total. The number of ether oxygens (including phenoxy) is 2. The number of aliphatic hydroxyl groups is 3. The van der Waals surface area contributed by atoms with E-state index in [1.165, 1.54) is 0 Å². The van der Waals surface area contributed by atoms with Crippen LogP contribution in [0.5, 0.6) is 5.88 Å². The van der Waals surface area contributed by atoms with Crippen LogP contribution in [0.15, 0.2) is 54.6 Å². The molecule has 2 aliphatic rings. The van der Waals surface area contributed by atoms with E-state index in [-0.39, 0.29) is 25.0 Å². The smallest absolute Gasteiger partial charge is 0.410 e. The number of hydrogen-bond donors (Lipinski definition) is 3. The van der Waals surface area contributed by atoms with Gasteiger partial charge in [-0.25, -0.2) is 9.78 Å². The molecule has 1 aliphatic heterocycles. The van der Waals surface area contributed by atoms with Crippen LogP contribution in [0.25, 0.3) is 10.9 Å². The number of rotatable bonds is 5. The van der Waals surface area contributed by atoms with Gasteiger partial charge in [-0.15, -0.1) is 0 Å². The molecule has 0 bridgehead atoms. The third kappa shape index (κ3) is 5.00.